The summed E-state index contributed by atoms with van der Waals surface area (Å²) < 4.78 is 2.28. The molecule has 0 aliphatic heterocycles. The highest BCUT2D eigenvalue weighted by atomic mass is 16.3. The Morgan fingerprint density at radius 2 is 2.20 bits per heavy atom. The van der Waals surface area contributed by atoms with Crippen molar-refractivity contribution in [3.8, 4) is 0 Å². The van der Waals surface area contributed by atoms with E-state index >= 15 is 0 Å². The number of nitrogens with two attached hydrogens (primary N) is 1. The number of pyridine rings is 1. The average Bonchev–Trinajstić information content (AvgIpc) is 2.73. The number of nitrogens with zero attached hydrogens (tertiary/aromatic N) is 3. The van der Waals surface area contributed by atoms with Gasteiger partial charge in [0.25, 0.3) is 0 Å². The van der Waals surface area contributed by atoms with Gasteiger partial charge in [-0.15, -0.1) is 5.10 Å². The molecule has 1 atom stereocenters. The smallest absolute Gasteiger partial charge is 0.350 e. The molecule has 20 heavy (non-hydrogen) atoms. The molecule has 2 aromatic heterocycles. The highest BCUT2D eigenvalue weighted by Gasteiger charge is 2.14. The lowest BCUT2D eigenvalue weighted by Gasteiger charge is -2.07. The van der Waals surface area contributed by atoms with Gasteiger partial charge in [-0.25, -0.2) is 9.48 Å². The van der Waals surface area contributed by atoms with Crippen LogP contribution < -0.4 is 16.7 Å². The molecule has 9 heteroatoms. The Labute approximate surface area is 112 Å². The van der Waals surface area contributed by atoms with E-state index in [-0.39, 0.29) is 13.1 Å². The Morgan fingerprint density at radius 1 is 1.45 bits per heavy atom. The van der Waals surface area contributed by atoms with E-state index in [1.807, 2.05) is 0 Å². The van der Waals surface area contributed by atoms with Crippen LogP contribution in [0.5, 0.6) is 0 Å². The summed E-state index contributed by atoms with van der Waals surface area (Å²) in [5, 5.41) is 15.4. The normalized spacial score (nSPS) is 12.2. The number of rotatable bonds is 5. The van der Waals surface area contributed by atoms with Crippen LogP contribution in [0.4, 0.5) is 0 Å². The number of aromatic nitrogens is 3. The van der Waals surface area contributed by atoms with Gasteiger partial charge >= 0.3 is 5.69 Å². The number of carbonyl (C=O) groups is 2. The second kappa shape index (κ2) is 5.53. The lowest BCUT2D eigenvalue weighted by atomic mass is 10.3. The van der Waals surface area contributed by atoms with Crippen LogP contribution in [-0.4, -0.2) is 43.8 Å². The molecule has 2 rings (SSSR count). The second-order valence-corrected chi connectivity index (χ2v) is 4.09. The highest BCUT2D eigenvalue weighted by Crippen LogP contribution is 1.94. The number of fused-ring (bicyclic) bond motifs is 1. The molecule has 9 nitrogen and oxygen atoms in total. The molecule has 0 saturated carbocycles. The van der Waals surface area contributed by atoms with Crippen molar-refractivity contribution in [2.75, 3.05) is 6.54 Å². The first-order valence-corrected chi connectivity index (χ1v) is 5.77. The van der Waals surface area contributed by atoms with Crippen LogP contribution in [0.3, 0.4) is 0 Å². The van der Waals surface area contributed by atoms with E-state index in [0.29, 0.717) is 5.65 Å². The molecule has 0 bridgehead atoms. The van der Waals surface area contributed by atoms with E-state index < -0.39 is 23.6 Å². The Kier molecular flexibility index (Phi) is 3.80. The van der Waals surface area contributed by atoms with Gasteiger partial charge in [0.1, 0.15) is 12.6 Å². The van der Waals surface area contributed by atoms with Crippen molar-refractivity contribution >= 4 is 17.5 Å². The molecule has 2 amide bonds. The SMILES string of the molecule is NC(=O)C(O)CNC(=O)Cn1nc2ccccn2c1=O. The van der Waals surface area contributed by atoms with Crippen molar-refractivity contribution in [1.29, 1.82) is 0 Å². The Balaban J connectivity index is 2.05. The summed E-state index contributed by atoms with van der Waals surface area (Å²) in [6.45, 7) is -0.623. The molecule has 0 radical (unpaired) electrons. The number of primary amides is 1. The number of amides is 2. The second-order valence-electron chi connectivity index (χ2n) is 4.09. The lowest BCUT2D eigenvalue weighted by Crippen LogP contribution is -2.41. The topological polar surface area (TPSA) is 132 Å². The average molecular weight is 279 g/mol. The molecule has 0 aliphatic rings. The largest absolute Gasteiger partial charge is 0.381 e. The summed E-state index contributed by atoms with van der Waals surface area (Å²) in [4.78, 5) is 34.0. The molecule has 0 saturated heterocycles. The van der Waals surface area contributed by atoms with Gasteiger partial charge in [0.15, 0.2) is 5.65 Å². The molecule has 2 heterocycles. The zero-order valence-corrected chi connectivity index (χ0v) is 10.4. The van der Waals surface area contributed by atoms with Crippen LogP contribution in [-0.2, 0) is 16.1 Å². The fourth-order valence-electron chi connectivity index (χ4n) is 1.57. The maximum atomic E-state index is 11.9. The van der Waals surface area contributed by atoms with E-state index in [9.17, 15) is 14.4 Å². The van der Waals surface area contributed by atoms with E-state index in [1.54, 1.807) is 18.2 Å². The predicted molar refractivity (Wildman–Crippen MR) is 67.7 cm³/mol. The Morgan fingerprint density at radius 3 is 2.85 bits per heavy atom. The third kappa shape index (κ3) is 2.83. The minimum atomic E-state index is -1.46. The molecule has 4 N–H and O–H groups in total. The van der Waals surface area contributed by atoms with Crippen LogP contribution in [0.15, 0.2) is 29.2 Å². The number of carbonyl (C=O) groups excluding carboxylic acids is 2. The predicted octanol–water partition coefficient (Wildman–Crippen LogP) is -2.54. The fraction of sp³-hybridized carbons (Fsp3) is 0.273. The number of aliphatic hydroxyl groups excluding tert-OH is 1. The van der Waals surface area contributed by atoms with Gasteiger partial charge < -0.3 is 16.2 Å². The monoisotopic (exact) mass is 279 g/mol. The summed E-state index contributed by atoms with van der Waals surface area (Å²) in [5.74, 6) is -1.49. The quantitative estimate of drug-likeness (QED) is 0.554. The van der Waals surface area contributed by atoms with Crippen molar-refractivity contribution in [1.82, 2.24) is 19.5 Å². The van der Waals surface area contributed by atoms with Crippen LogP contribution >= 0.6 is 0 Å². The van der Waals surface area contributed by atoms with Gasteiger partial charge in [0.05, 0.1) is 6.54 Å². The summed E-state index contributed by atoms with van der Waals surface area (Å²) in [6, 6.07) is 5.02. The van der Waals surface area contributed by atoms with Gasteiger partial charge in [-0.3, -0.25) is 14.0 Å². The maximum Gasteiger partial charge on any atom is 0.350 e. The first-order valence-electron chi connectivity index (χ1n) is 5.77. The van der Waals surface area contributed by atoms with Gasteiger partial charge in [-0.1, -0.05) is 6.07 Å². The van der Waals surface area contributed by atoms with Gasteiger partial charge in [0, 0.05) is 6.20 Å². The molecule has 0 aromatic carbocycles. The number of aliphatic hydroxyl groups is 1. The van der Waals surface area contributed by atoms with Crippen molar-refractivity contribution in [3.63, 3.8) is 0 Å². The van der Waals surface area contributed by atoms with Crippen molar-refractivity contribution in [2.45, 2.75) is 12.6 Å². The zero-order valence-electron chi connectivity index (χ0n) is 10.4. The third-order valence-electron chi connectivity index (χ3n) is 2.60. The number of hydrogen-bond acceptors (Lipinski definition) is 5. The molecule has 0 spiro atoms. The Hall–Kier alpha value is -2.68. The summed E-state index contributed by atoms with van der Waals surface area (Å²) in [5.41, 5.74) is 4.81. The first-order chi connectivity index (χ1) is 9.49. The van der Waals surface area contributed by atoms with Crippen LogP contribution in [0.2, 0.25) is 0 Å². The zero-order chi connectivity index (χ0) is 14.7. The Bertz CT molecular complexity index is 704. The summed E-state index contributed by atoms with van der Waals surface area (Å²) >= 11 is 0. The van der Waals surface area contributed by atoms with Crippen LogP contribution in [0, 0.1) is 0 Å². The van der Waals surface area contributed by atoms with Gasteiger partial charge in [0.2, 0.25) is 11.8 Å². The minimum Gasteiger partial charge on any atom is -0.381 e. The maximum absolute atomic E-state index is 11.9. The summed E-state index contributed by atoms with van der Waals surface area (Å²) in [7, 11) is 0. The molecule has 0 fully saturated rings. The van der Waals surface area contributed by atoms with E-state index in [0.717, 1.165) is 4.68 Å². The molecule has 0 aliphatic carbocycles. The van der Waals surface area contributed by atoms with Crippen LogP contribution in [0.25, 0.3) is 5.65 Å². The summed E-state index contributed by atoms with van der Waals surface area (Å²) in [6.07, 6.45) is 0.0763. The van der Waals surface area contributed by atoms with Crippen molar-refractivity contribution < 1.29 is 14.7 Å². The standard InChI is InChI=1S/C11H13N5O4/c12-10(19)7(17)5-13-9(18)6-16-11(20)15-4-2-1-3-8(15)14-16/h1-4,7,17H,5-6H2,(H2,12,19)(H,13,18). The van der Waals surface area contributed by atoms with E-state index in [4.69, 9.17) is 10.8 Å². The molecular formula is C11H13N5O4. The highest BCUT2D eigenvalue weighted by molar-refractivity contribution is 5.80. The van der Waals surface area contributed by atoms with E-state index in [1.165, 1.54) is 10.6 Å². The minimum absolute atomic E-state index is 0.309. The molecule has 2 aromatic rings. The lowest BCUT2D eigenvalue weighted by molar-refractivity contribution is -0.127. The number of hydrogen-bond donors (Lipinski definition) is 3. The van der Waals surface area contributed by atoms with Crippen molar-refractivity contribution in [3.05, 3.63) is 34.9 Å². The third-order valence-corrected chi connectivity index (χ3v) is 2.60. The first kappa shape index (κ1) is 13.7. The van der Waals surface area contributed by atoms with Gasteiger partial charge in [-0.05, 0) is 12.1 Å². The van der Waals surface area contributed by atoms with E-state index in [2.05, 4.69) is 10.4 Å². The van der Waals surface area contributed by atoms with Crippen molar-refractivity contribution in [2.24, 2.45) is 5.73 Å². The number of nitrogens with one attached hydrogen (secondary N) is 1. The van der Waals surface area contributed by atoms with Crippen LogP contribution in [0.1, 0.15) is 0 Å². The van der Waals surface area contributed by atoms with Gasteiger partial charge in [-0.2, -0.15) is 0 Å². The molecular weight excluding hydrogens is 266 g/mol. The molecule has 1 unspecified atom stereocenters. The molecule has 106 valence electrons. The fourth-order valence-corrected chi connectivity index (χ4v) is 1.57.